The minimum Gasteiger partial charge on any atom is -0.337 e. The first-order chi connectivity index (χ1) is 12.1. The average molecular weight is 361 g/mol. The van der Waals surface area contributed by atoms with Crippen LogP contribution in [0.25, 0.3) is 0 Å². The van der Waals surface area contributed by atoms with Crippen LogP contribution in [0.4, 0.5) is 5.69 Å². The summed E-state index contributed by atoms with van der Waals surface area (Å²) in [5.74, 6) is -0.214. The molecule has 1 aliphatic rings. The summed E-state index contributed by atoms with van der Waals surface area (Å²) >= 11 is 0. The number of rotatable bonds is 4. The maximum absolute atomic E-state index is 12.7. The Balaban J connectivity index is 2.00. The number of hydrogen-bond acceptors (Lipinski definition) is 4. The lowest BCUT2D eigenvalue weighted by molar-refractivity contribution is -0.119. The molecule has 6 heteroatoms. The number of benzene rings is 1. The Hall–Kier alpha value is -1.92. The summed E-state index contributed by atoms with van der Waals surface area (Å²) in [4.78, 5) is 29.0. The Labute approximate surface area is 156 Å². The fraction of sp³-hybridized carbons (Fsp3) is 0.600. The summed E-state index contributed by atoms with van der Waals surface area (Å²) < 4.78 is 0. The van der Waals surface area contributed by atoms with Crippen LogP contribution in [0.15, 0.2) is 24.3 Å². The van der Waals surface area contributed by atoms with E-state index in [1.807, 2.05) is 32.7 Å². The monoisotopic (exact) mass is 360 g/mol. The SMILES string of the molecule is CN1CCCC(N(C)C(=O)c2ccc(NC(=O)[C@@H](N)C(C)(C)C)cc2)C1. The molecule has 3 N–H and O–H groups in total. The Morgan fingerprint density at radius 1 is 1.27 bits per heavy atom. The third kappa shape index (κ3) is 5.05. The van der Waals surface area contributed by atoms with Crippen molar-refractivity contribution in [2.45, 2.75) is 45.7 Å². The summed E-state index contributed by atoms with van der Waals surface area (Å²) in [6.45, 7) is 7.78. The molecule has 1 aliphatic heterocycles. The molecule has 1 heterocycles. The van der Waals surface area contributed by atoms with Gasteiger partial charge < -0.3 is 20.9 Å². The van der Waals surface area contributed by atoms with Gasteiger partial charge in [-0.05, 0) is 56.1 Å². The molecule has 2 atom stereocenters. The van der Waals surface area contributed by atoms with Gasteiger partial charge in [0.2, 0.25) is 5.91 Å². The van der Waals surface area contributed by atoms with Crippen LogP contribution in [-0.2, 0) is 4.79 Å². The lowest BCUT2D eigenvalue weighted by Crippen LogP contribution is -2.47. The van der Waals surface area contributed by atoms with Crippen molar-refractivity contribution in [3.8, 4) is 0 Å². The van der Waals surface area contributed by atoms with E-state index < -0.39 is 6.04 Å². The Bertz CT molecular complexity index is 636. The number of nitrogens with one attached hydrogen (secondary N) is 1. The number of piperidine rings is 1. The fourth-order valence-corrected chi connectivity index (χ4v) is 3.13. The molecular formula is C20H32N4O2. The summed E-state index contributed by atoms with van der Waals surface area (Å²) in [7, 11) is 3.95. The summed E-state index contributed by atoms with van der Waals surface area (Å²) in [5.41, 5.74) is 6.94. The number of likely N-dealkylation sites (tertiary alicyclic amines) is 1. The standard InChI is InChI=1S/C20H32N4O2/c1-20(2,3)17(21)18(25)22-15-10-8-14(9-11-15)19(26)24(5)16-7-6-12-23(4)13-16/h8-11,16-17H,6-7,12-13,21H2,1-5H3,(H,22,25)/t16?,17-/m1/s1. The van der Waals surface area contributed by atoms with E-state index in [1.165, 1.54) is 0 Å². The van der Waals surface area contributed by atoms with Crippen molar-refractivity contribution in [1.82, 2.24) is 9.80 Å². The first-order valence-corrected chi connectivity index (χ1v) is 9.22. The number of carbonyl (C=O) groups excluding carboxylic acids is 2. The van der Waals surface area contributed by atoms with Gasteiger partial charge in [-0.3, -0.25) is 9.59 Å². The maximum atomic E-state index is 12.7. The normalized spacial score (nSPS) is 19.7. The van der Waals surface area contributed by atoms with Gasteiger partial charge in [0.15, 0.2) is 0 Å². The molecule has 0 saturated carbocycles. The van der Waals surface area contributed by atoms with E-state index in [1.54, 1.807) is 24.3 Å². The third-order valence-corrected chi connectivity index (χ3v) is 5.08. The maximum Gasteiger partial charge on any atom is 0.253 e. The number of likely N-dealkylation sites (N-methyl/N-ethyl adjacent to an activating group) is 2. The van der Waals surface area contributed by atoms with Crippen LogP contribution in [0.5, 0.6) is 0 Å². The molecule has 26 heavy (non-hydrogen) atoms. The number of anilines is 1. The molecule has 2 amide bonds. The van der Waals surface area contributed by atoms with Crippen LogP contribution in [-0.4, -0.2) is 60.9 Å². The van der Waals surface area contributed by atoms with Gasteiger partial charge in [0.05, 0.1) is 6.04 Å². The second-order valence-corrected chi connectivity index (χ2v) is 8.38. The first kappa shape index (κ1) is 20.4. The molecule has 0 aromatic heterocycles. The zero-order chi connectivity index (χ0) is 19.5. The predicted molar refractivity (Wildman–Crippen MR) is 105 cm³/mol. The number of nitrogens with two attached hydrogens (primary N) is 1. The van der Waals surface area contributed by atoms with Gasteiger partial charge in [0, 0.05) is 30.9 Å². The van der Waals surface area contributed by atoms with E-state index in [0.29, 0.717) is 11.3 Å². The van der Waals surface area contributed by atoms with Crippen LogP contribution in [0, 0.1) is 5.41 Å². The Morgan fingerprint density at radius 3 is 2.42 bits per heavy atom. The minimum atomic E-state index is -0.599. The van der Waals surface area contributed by atoms with Gasteiger partial charge in [0.25, 0.3) is 5.91 Å². The lowest BCUT2D eigenvalue weighted by atomic mass is 9.87. The predicted octanol–water partition coefficient (Wildman–Crippen LogP) is 2.16. The van der Waals surface area contributed by atoms with Crippen LogP contribution in [0.3, 0.4) is 0 Å². The first-order valence-electron chi connectivity index (χ1n) is 9.22. The zero-order valence-corrected chi connectivity index (χ0v) is 16.6. The summed E-state index contributed by atoms with van der Waals surface area (Å²) in [6.07, 6.45) is 2.14. The number of amides is 2. The van der Waals surface area contributed by atoms with Crippen LogP contribution in [0.1, 0.15) is 44.0 Å². The van der Waals surface area contributed by atoms with Crippen LogP contribution in [0.2, 0.25) is 0 Å². The molecule has 0 aliphatic carbocycles. The van der Waals surface area contributed by atoms with E-state index >= 15 is 0 Å². The van der Waals surface area contributed by atoms with E-state index in [2.05, 4.69) is 17.3 Å². The second kappa shape index (κ2) is 8.18. The van der Waals surface area contributed by atoms with Crippen molar-refractivity contribution >= 4 is 17.5 Å². The van der Waals surface area contributed by atoms with Crippen LogP contribution >= 0.6 is 0 Å². The molecule has 1 aromatic carbocycles. The summed E-state index contributed by atoms with van der Waals surface area (Å²) in [6, 6.07) is 6.65. The van der Waals surface area contributed by atoms with Gasteiger partial charge in [-0.1, -0.05) is 20.8 Å². The molecule has 0 spiro atoms. The average Bonchev–Trinajstić information content (AvgIpc) is 2.59. The zero-order valence-electron chi connectivity index (χ0n) is 16.6. The second-order valence-electron chi connectivity index (χ2n) is 8.38. The topological polar surface area (TPSA) is 78.7 Å². The van der Waals surface area contributed by atoms with E-state index in [9.17, 15) is 9.59 Å². The number of carbonyl (C=O) groups is 2. The molecule has 6 nitrogen and oxygen atoms in total. The lowest BCUT2D eigenvalue weighted by Gasteiger charge is -2.35. The van der Waals surface area contributed by atoms with E-state index in [4.69, 9.17) is 5.73 Å². The molecule has 1 unspecified atom stereocenters. The number of hydrogen-bond donors (Lipinski definition) is 2. The Morgan fingerprint density at radius 2 is 1.88 bits per heavy atom. The van der Waals surface area contributed by atoms with Gasteiger partial charge in [-0.2, -0.15) is 0 Å². The molecule has 2 rings (SSSR count). The fourth-order valence-electron chi connectivity index (χ4n) is 3.13. The summed E-state index contributed by atoms with van der Waals surface area (Å²) in [5, 5.41) is 2.82. The van der Waals surface area contributed by atoms with Crippen molar-refractivity contribution in [3.63, 3.8) is 0 Å². The molecule has 1 saturated heterocycles. The van der Waals surface area contributed by atoms with Gasteiger partial charge in [-0.15, -0.1) is 0 Å². The Kier molecular flexibility index (Phi) is 6.42. The smallest absolute Gasteiger partial charge is 0.253 e. The van der Waals surface area contributed by atoms with Crippen molar-refractivity contribution < 1.29 is 9.59 Å². The van der Waals surface area contributed by atoms with E-state index in [0.717, 1.165) is 25.9 Å². The van der Waals surface area contributed by atoms with Crippen LogP contribution < -0.4 is 11.1 Å². The quantitative estimate of drug-likeness (QED) is 0.862. The minimum absolute atomic E-state index is 0.00886. The highest BCUT2D eigenvalue weighted by Gasteiger charge is 2.28. The molecular weight excluding hydrogens is 328 g/mol. The van der Waals surface area contributed by atoms with Crippen molar-refractivity contribution in [1.29, 1.82) is 0 Å². The van der Waals surface area contributed by atoms with Gasteiger partial charge in [0.1, 0.15) is 0 Å². The van der Waals surface area contributed by atoms with E-state index in [-0.39, 0.29) is 23.3 Å². The van der Waals surface area contributed by atoms with Crippen molar-refractivity contribution in [3.05, 3.63) is 29.8 Å². The molecule has 0 bridgehead atoms. The van der Waals surface area contributed by atoms with Crippen molar-refractivity contribution in [2.24, 2.45) is 11.1 Å². The third-order valence-electron chi connectivity index (χ3n) is 5.08. The van der Waals surface area contributed by atoms with Crippen molar-refractivity contribution in [2.75, 3.05) is 32.5 Å². The molecule has 144 valence electrons. The van der Waals surface area contributed by atoms with Gasteiger partial charge in [-0.25, -0.2) is 0 Å². The van der Waals surface area contributed by atoms with Gasteiger partial charge >= 0.3 is 0 Å². The number of nitrogens with zero attached hydrogens (tertiary/aromatic N) is 2. The molecule has 1 fully saturated rings. The highest BCUT2D eigenvalue weighted by molar-refractivity contribution is 5.97. The largest absolute Gasteiger partial charge is 0.337 e. The molecule has 0 radical (unpaired) electrons. The highest BCUT2D eigenvalue weighted by atomic mass is 16.2. The molecule has 1 aromatic rings. The highest BCUT2D eigenvalue weighted by Crippen LogP contribution is 2.20.